The first kappa shape index (κ1) is 34.5. The first-order valence-corrected chi connectivity index (χ1v) is 15.0. The van der Waals surface area contributed by atoms with Crippen molar-refractivity contribution in [1.82, 2.24) is 29.1 Å². The number of aromatic nitrogens is 6. The van der Waals surface area contributed by atoms with E-state index in [-0.39, 0.29) is 21.6 Å². The molecule has 0 spiro atoms. The summed E-state index contributed by atoms with van der Waals surface area (Å²) in [4.78, 5) is 39.8. The van der Waals surface area contributed by atoms with E-state index in [0.29, 0.717) is 34.5 Å². The number of nitrogens with zero attached hydrogens (tertiary/aromatic N) is 6. The van der Waals surface area contributed by atoms with Crippen LogP contribution in [0.25, 0.3) is 11.6 Å². The third-order valence-electron chi connectivity index (χ3n) is 6.79. The molecule has 0 aliphatic carbocycles. The number of aromatic carboxylic acids is 1. The maximum Gasteiger partial charge on any atom is 0.339 e. The third-order valence-corrected chi connectivity index (χ3v) is 7.41. The predicted octanol–water partition coefficient (Wildman–Crippen LogP) is 7.71. The summed E-state index contributed by atoms with van der Waals surface area (Å²) in [6, 6.07) is 11.1. The number of aryl methyl sites for hydroxylation is 2. The van der Waals surface area contributed by atoms with Crippen molar-refractivity contribution < 1.29 is 28.2 Å². The number of carboxylic acids is 1. The van der Waals surface area contributed by atoms with Crippen LogP contribution in [0.15, 0.2) is 85.7 Å². The molecule has 0 aliphatic heterocycles. The smallest absolute Gasteiger partial charge is 0.339 e. The molecule has 6 aromatic rings. The van der Waals surface area contributed by atoms with Crippen LogP contribution in [0.5, 0.6) is 0 Å². The van der Waals surface area contributed by atoms with Crippen LogP contribution in [0.4, 0.5) is 32.1 Å². The molecule has 4 aromatic heterocycles. The Morgan fingerprint density at radius 3 is 1.61 bits per heavy atom. The number of benzene rings is 2. The Kier molecular flexibility index (Phi) is 10.5. The minimum absolute atomic E-state index is 0.157. The summed E-state index contributed by atoms with van der Waals surface area (Å²) in [6.07, 6.45) is 9.63. The zero-order chi connectivity index (χ0) is 35.2. The second kappa shape index (κ2) is 14.9. The minimum atomic E-state index is -1.02. The Morgan fingerprint density at radius 1 is 0.755 bits per heavy atom. The van der Waals surface area contributed by atoms with Gasteiger partial charge < -0.3 is 29.6 Å². The number of hydrogen-bond acceptors (Lipinski definition) is 9. The molecule has 4 heterocycles. The number of carboxylic acid groups (broad SMARTS) is 1. The Morgan fingerprint density at radius 2 is 1.20 bits per heavy atom. The molecule has 0 aliphatic rings. The van der Waals surface area contributed by atoms with E-state index in [1.165, 1.54) is 55.8 Å². The van der Waals surface area contributed by atoms with Crippen molar-refractivity contribution in [3.8, 4) is 11.6 Å². The number of esters is 1. The van der Waals surface area contributed by atoms with Gasteiger partial charge in [0.1, 0.15) is 23.3 Å². The molecule has 0 atom stereocenters. The minimum Gasteiger partial charge on any atom is -0.478 e. The van der Waals surface area contributed by atoms with E-state index < -0.39 is 23.6 Å². The third kappa shape index (κ3) is 8.36. The van der Waals surface area contributed by atoms with Crippen molar-refractivity contribution >= 4 is 58.4 Å². The van der Waals surface area contributed by atoms with Crippen LogP contribution in [0.1, 0.15) is 31.8 Å². The van der Waals surface area contributed by atoms with Crippen LogP contribution in [0.3, 0.4) is 0 Å². The van der Waals surface area contributed by atoms with Gasteiger partial charge in [0.05, 0.1) is 39.7 Å². The normalized spacial score (nSPS) is 10.6. The van der Waals surface area contributed by atoms with Gasteiger partial charge in [-0.1, -0.05) is 23.2 Å². The first-order valence-electron chi connectivity index (χ1n) is 14.2. The molecule has 0 saturated heterocycles. The molecule has 0 bridgehead atoms. The molecule has 250 valence electrons. The van der Waals surface area contributed by atoms with E-state index in [1.54, 1.807) is 46.2 Å². The van der Waals surface area contributed by atoms with Crippen LogP contribution in [-0.4, -0.2) is 53.2 Å². The number of rotatable bonds is 8. The average Bonchev–Trinajstić information content (AvgIpc) is 3.77. The fourth-order valence-electron chi connectivity index (χ4n) is 4.35. The van der Waals surface area contributed by atoms with E-state index in [9.17, 15) is 18.4 Å². The van der Waals surface area contributed by atoms with Crippen LogP contribution in [0.2, 0.25) is 10.0 Å². The summed E-state index contributed by atoms with van der Waals surface area (Å²) in [7, 11) is 1.32. The van der Waals surface area contributed by atoms with E-state index in [1.807, 2.05) is 13.8 Å². The van der Waals surface area contributed by atoms with Gasteiger partial charge in [0.25, 0.3) is 0 Å². The van der Waals surface area contributed by atoms with Crippen LogP contribution < -0.4 is 10.6 Å². The average molecular weight is 708 g/mol. The predicted molar refractivity (Wildman–Crippen MR) is 180 cm³/mol. The molecular weight excluding hydrogens is 681 g/mol. The molecule has 3 N–H and O–H groups in total. The van der Waals surface area contributed by atoms with Gasteiger partial charge in [0, 0.05) is 48.3 Å². The van der Waals surface area contributed by atoms with Gasteiger partial charge in [-0.05, 0) is 62.4 Å². The van der Waals surface area contributed by atoms with Crippen molar-refractivity contribution in [3.05, 3.63) is 130 Å². The number of nitrogens with one attached hydrogen (secondary N) is 2. The van der Waals surface area contributed by atoms with Crippen molar-refractivity contribution in [2.75, 3.05) is 17.7 Å². The lowest BCUT2D eigenvalue weighted by atomic mass is 10.3. The standard InChI is InChI=1S/C17H14ClFN4O2.C16H12ClFN4O2/c1-10-8-20-17(21-14-4-3-12(19)7-13(14)18)22-15(10)23-6-5-11(9-23)16(24)25-2;1-9-7-19-16(20-13-3-2-11(18)6-12(13)17)21-14(9)22-5-4-10(8-22)15(23)24/h3-9H,1-2H3,(H,20,21,22);2-8H,1H3,(H,23,24)(H,19,20,21). The molecule has 49 heavy (non-hydrogen) atoms. The van der Waals surface area contributed by atoms with Gasteiger partial charge in [-0.2, -0.15) is 9.97 Å². The summed E-state index contributed by atoms with van der Waals surface area (Å²) in [6.45, 7) is 3.66. The lowest BCUT2D eigenvalue weighted by Gasteiger charge is -2.10. The SMILES string of the molecule is COC(=O)c1ccn(-c2nc(Nc3ccc(F)cc3Cl)ncc2C)c1.Cc1cnc(Nc2ccc(F)cc2Cl)nc1-n1ccc(C(=O)O)c1. The van der Waals surface area contributed by atoms with Gasteiger partial charge in [-0.3, -0.25) is 0 Å². The molecule has 12 nitrogen and oxygen atoms in total. The Hall–Kier alpha value is -5.86. The molecule has 16 heteroatoms. The second-order valence-corrected chi connectivity index (χ2v) is 11.1. The van der Waals surface area contributed by atoms with Gasteiger partial charge in [0.15, 0.2) is 0 Å². The number of hydrogen-bond donors (Lipinski definition) is 3. The number of carbonyl (C=O) groups is 2. The zero-order valence-corrected chi connectivity index (χ0v) is 27.5. The first-order chi connectivity index (χ1) is 23.4. The van der Waals surface area contributed by atoms with E-state index in [4.69, 9.17) is 33.0 Å². The van der Waals surface area contributed by atoms with Crippen molar-refractivity contribution in [2.24, 2.45) is 0 Å². The molecule has 0 radical (unpaired) electrons. The molecule has 6 rings (SSSR count). The number of ether oxygens (including phenoxy) is 1. The number of carbonyl (C=O) groups excluding carboxylic acids is 1. The maximum absolute atomic E-state index is 13.1. The molecular formula is C33H26Cl2F2N8O4. The van der Waals surface area contributed by atoms with Gasteiger partial charge in [-0.15, -0.1) is 0 Å². The Balaban J connectivity index is 0.000000191. The maximum atomic E-state index is 13.1. The van der Waals surface area contributed by atoms with E-state index >= 15 is 0 Å². The van der Waals surface area contributed by atoms with Crippen LogP contribution >= 0.6 is 23.2 Å². The molecule has 0 unspecified atom stereocenters. The van der Waals surface area contributed by atoms with Gasteiger partial charge in [0.2, 0.25) is 11.9 Å². The van der Waals surface area contributed by atoms with Gasteiger partial charge in [-0.25, -0.2) is 28.3 Å². The highest BCUT2D eigenvalue weighted by Gasteiger charge is 2.13. The van der Waals surface area contributed by atoms with Crippen molar-refractivity contribution in [1.29, 1.82) is 0 Å². The number of anilines is 4. The fraction of sp³-hybridized carbons (Fsp3) is 0.0909. The second-order valence-electron chi connectivity index (χ2n) is 10.3. The van der Waals surface area contributed by atoms with E-state index in [0.717, 1.165) is 11.1 Å². The lowest BCUT2D eigenvalue weighted by Crippen LogP contribution is -2.05. The molecule has 0 saturated carbocycles. The molecule has 2 aromatic carbocycles. The Bertz CT molecular complexity index is 2170. The monoisotopic (exact) mass is 706 g/mol. The lowest BCUT2D eigenvalue weighted by molar-refractivity contribution is 0.0600. The van der Waals surface area contributed by atoms with Crippen LogP contribution in [-0.2, 0) is 4.74 Å². The van der Waals surface area contributed by atoms with Crippen molar-refractivity contribution in [3.63, 3.8) is 0 Å². The zero-order valence-electron chi connectivity index (χ0n) is 26.0. The topological polar surface area (TPSA) is 149 Å². The van der Waals surface area contributed by atoms with E-state index in [2.05, 4.69) is 30.6 Å². The molecule has 0 amide bonds. The van der Waals surface area contributed by atoms with Crippen molar-refractivity contribution in [2.45, 2.75) is 13.8 Å². The highest BCUT2D eigenvalue weighted by atomic mass is 35.5. The number of methoxy groups -OCH3 is 1. The summed E-state index contributed by atoms with van der Waals surface area (Å²) in [5.74, 6) is -0.645. The van der Waals surface area contributed by atoms with Gasteiger partial charge >= 0.3 is 11.9 Å². The fourth-order valence-corrected chi connectivity index (χ4v) is 4.78. The quantitative estimate of drug-likeness (QED) is 0.134. The molecule has 0 fully saturated rings. The highest BCUT2D eigenvalue weighted by molar-refractivity contribution is 6.33. The van der Waals surface area contributed by atoms with Crippen LogP contribution in [0, 0.1) is 25.5 Å². The summed E-state index contributed by atoms with van der Waals surface area (Å²) in [5, 5.41) is 15.3. The number of halogens is 4. The highest BCUT2D eigenvalue weighted by Crippen LogP contribution is 2.27. The summed E-state index contributed by atoms with van der Waals surface area (Å²) < 4.78 is 34.2. The Labute approximate surface area is 288 Å². The summed E-state index contributed by atoms with van der Waals surface area (Å²) in [5.41, 5.74) is 3.09. The largest absolute Gasteiger partial charge is 0.478 e. The summed E-state index contributed by atoms with van der Waals surface area (Å²) >= 11 is 12.0.